The van der Waals surface area contributed by atoms with Crippen LogP contribution in [0.2, 0.25) is 0 Å². The zero-order chi connectivity index (χ0) is 17.6. The molecule has 3 aromatic rings. The molecule has 1 aromatic heterocycles. The first kappa shape index (κ1) is 15.4. The van der Waals surface area contributed by atoms with Gasteiger partial charge in [0.05, 0.1) is 5.56 Å². The lowest BCUT2D eigenvalue weighted by atomic mass is 10.2. The number of sulfonamides is 1. The van der Waals surface area contributed by atoms with E-state index in [2.05, 4.69) is 10.3 Å². The molecule has 2 amide bonds. The summed E-state index contributed by atoms with van der Waals surface area (Å²) in [6, 6.07) is 13.1. The maximum atomic E-state index is 12.4. The number of hydrogen-bond acceptors (Lipinski definition) is 4. The van der Waals surface area contributed by atoms with Crippen LogP contribution >= 0.6 is 0 Å². The van der Waals surface area contributed by atoms with Crippen molar-refractivity contribution in [1.82, 2.24) is 9.29 Å². The minimum atomic E-state index is -3.99. The molecule has 0 fully saturated rings. The highest BCUT2D eigenvalue weighted by Crippen LogP contribution is 2.29. The predicted octanol–water partition coefficient (Wildman–Crippen LogP) is 1.95. The number of rotatable bonds is 3. The van der Waals surface area contributed by atoms with Gasteiger partial charge in [0.25, 0.3) is 15.9 Å². The largest absolute Gasteiger partial charge is 0.361 e. The second-order valence-electron chi connectivity index (χ2n) is 5.64. The summed E-state index contributed by atoms with van der Waals surface area (Å²) in [4.78, 5) is 27.5. The third-order valence-corrected chi connectivity index (χ3v) is 5.83. The van der Waals surface area contributed by atoms with Crippen LogP contribution in [0.5, 0.6) is 0 Å². The Kier molecular flexibility index (Phi) is 3.36. The van der Waals surface area contributed by atoms with E-state index in [9.17, 15) is 18.0 Å². The van der Waals surface area contributed by atoms with Gasteiger partial charge in [-0.15, -0.1) is 0 Å². The number of carbonyl (C=O) groups excluding carboxylic acids is 2. The second-order valence-corrected chi connectivity index (χ2v) is 7.47. The first-order valence-electron chi connectivity index (χ1n) is 7.50. The summed E-state index contributed by atoms with van der Waals surface area (Å²) >= 11 is 0. The van der Waals surface area contributed by atoms with Gasteiger partial charge < -0.3 is 10.3 Å². The second kappa shape index (κ2) is 5.45. The number of benzene rings is 2. The van der Waals surface area contributed by atoms with Gasteiger partial charge in [0, 0.05) is 17.4 Å². The molecule has 0 atom stereocenters. The smallest absolute Gasteiger partial charge is 0.269 e. The van der Waals surface area contributed by atoms with E-state index < -0.39 is 28.4 Å². The molecular formula is C17H13N3O4S. The Hall–Kier alpha value is -3.13. The fourth-order valence-electron chi connectivity index (χ4n) is 2.84. The van der Waals surface area contributed by atoms with Crippen molar-refractivity contribution < 1.29 is 18.0 Å². The highest BCUT2D eigenvalue weighted by molar-refractivity contribution is 7.90. The number of aromatic amines is 1. The van der Waals surface area contributed by atoms with Gasteiger partial charge in [0.1, 0.15) is 11.4 Å². The summed E-state index contributed by atoms with van der Waals surface area (Å²) in [6.45, 7) is -0.571. The molecule has 7 nitrogen and oxygen atoms in total. The fraction of sp³-hybridized carbons (Fsp3) is 0.0588. The number of anilines is 1. The molecule has 8 heteroatoms. The summed E-state index contributed by atoms with van der Waals surface area (Å²) in [5.74, 6) is -1.28. The molecule has 25 heavy (non-hydrogen) atoms. The van der Waals surface area contributed by atoms with E-state index >= 15 is 0 Å². The zero-order valence-corrected chi connectivity index (χ0v) is 13.7. The quantitative estimate of drug-likeness (QED) is 0.750. The van der Waals surface area contributed by atoms with E-state index in [1.165, 1.54) is 12.1 Å². The molecule has 0 spiro atoms. The van der Waals surface area contributed by atoms with Crippen LogP contribution in [0.15, 0.2) is 59.6 Å². The molecule has 1 aliphatic heterocycles. The molecular weight excluding hydrogens is 342 g/mol. The number of carbonyl (C=O) groups is 2. The minimum absolute atomic E-state index is 0.0689. The molecule has 0 saturated carbocycles. The summed E-state index contributed by atoms with van der Waals surface area (Å²) in [7, 11) is -3.99. The lowest BCUT2D eigenvalue weighted by molar-refractivity contribution is -0.116. The van der Waals surface area contributed by atoms with Gasteiger partial charge in [0.15, 0.2) is 0 Å². The van der Waals surface area contributed by atoms with E-state index in [0.29, 0.717) is 9.99 Å². The molecule has 0 bridgehead atoms. The molecule has 0 saturated heterocycles. The van der Waals surface area contributed by atoms with Crippen LogP contribution in [0, 0.1) is 0 Å². The Bertz CT molecular complexity index is 1120. The molecule has 126 valence electrons. The zero-order valence-electron chi connectivity index (χ0n) is 12.9. The number of H-pyrrole nitrogens is 1. The number of amides is 2. The summed E-state index contributed by atoms with van der Waals surface area (Å²) in [5.41, 5.74) is 1.44. The van der Waals surface area contributed by atoms with Crippen molar-refractivity contribution in [2.24, 2.45) is 0 Å². The van der Waals surface area contributed by atoms with Gasteiger partial charge >= 0.3 is 0 Å². The Balaban J connectivity index is 1.56. The number of aromatic nitrogens is 1. The van der Waals surface area contributed by atoms with Crippen LogP contribution in [0.4, 0.5) is 5.69 Å². The van der Waals surface area contributed by atoms with Gasteiger partial charge in [-0.2, -0.15) is 0 Å². The Morgan fingerprint density at radius 1 is 1.12 bits per heavy atom. The van der Waals surface area contributed by atoms with Crippen LogP contribution in [0.25, 0.3) is 10.9 Å². The van der Waals surface area contributed by atoms with E-state index in [-0.39, 0.29) is 10.5 Å². The Morgan fingerprint density at radius 2 is 1.92 bits per heavy atom. The molecule has 1 aliphatic rings. The minimum Gasteiger partial charge on any atom is -0.361 e. The first-order valence-corrected chi connectivity index (χ1v) is 8.94. The third-order valence-electron chi connectivity index (χ3n) is 4.04. The van der Waals surface area contributed by atoms with E-state index in [1.54, 1.807) is 30.5 Å². The number of hydrogen-bond donors (Lipinski definition) is 2. The van der Waals surface area contributed by atoms with Crippen molar-refractivity contribution >= 4 is 38.4 Å². The maximum Gasteiger partial charge on any atom is 0.269 e. The van der Waals surface area contributed by atoms with E-state index in [1.807, 2.05) is 12.1 Å². The van der Waals surface area contributed by atoms with Gasteiger partial charge in [-0.05, 0) is 35.7 Å². The SMILES string of the molecule is O=C(CN1C(=O)c2ccccc2S1(=O)=O)Nc1ccc2cc[nH]c2c1. The van der Waals surface area contributed by atoms with Gasteiger partial charge in [0.2, 0.25) is 5.91 Å². The monoisotopic (exact) mass is 355 g/mol. The Morgan fingerprint density at radius 3 is 2.72 bits per heavy atom. The lowest BCUT2D eigenvalue weighted by Gasteiger charge is -2.14. The third kappa shape index (κ3) is 2.47. The van der Waals surface area contributed by atoms with E-state index in [4.69, 9.17) is 0 Å². The predicted molar refractivity (Wildman–Crippen MR) is 91.6 cm³/mol. The van der Waals surface area contributed by atoms with Crippen molar-refractivity contribution in [2.45, 2.75) is 4.90 Å². The summed E-state index contributed by atoms with van der Waals surface area (Å²) < 4.78 is 25.5. The van der Waals surface area contributed by atoms with Crippen LogP contribution in [-0.4, -0.2) is 36.1 Å². The van der Waals surface area contributed by atoms with Crippen LogP contribution in [0.3, 0.4) is 0 Å². The Labute approximate surface area is 143 Å². The molecule has 0 unspecified atom stereocenters. The van der Waals surface area contributed by atoms with Crippen LogP contribution in [-0.2, 0) is 14.8 Å². The van der Waals surface area contributed by atoms with Crippen molar-refractivity contribution in [3.8, 4) is 0 Å². The highest BCUT2D eigenvalue weighted by atomic mass is 32.2. The van der Waals surface area contributed by atoms with Gasteiger partial charge in [-0.1, -0.05) is 18.2 Å². The summed E-state index contributed by atoms with van der Waals surface area (Å²) in [5, 5.41) is 3.61. The molecule has 2 aromatic carbocycles. The van der Waals surface area contributed by atoms with Crippen molar-refractivity contribution in [2.75, 3.05) is 11.9 Å². The van der Waals surface area contributed by atoms with Gasteiger partial charge in [-0.25, -0.2) is 12.7 Å². The van der Waals surface area contributed by atoms with Crippen LogP contribution in [0.1, 0.15) is 10.4 Å². The number of nitrogens with one attached hydrogen (secondary N) is 2. The molecule has 4 rings (SSSR count). The van der Waals surface area contributed by atoms with Crippen molar-refractivity contribution in [3.63, 3.8) is 0 Å². The normalized spacial score (nSPS) is 15.4. The first-order chi connectivity index (χ1) is 12.0. The highest BCUT2D eigenvalue weighted by Gasteiger charge is 2.41. The summed E-state index contributed by atoms with van der Waals surface area (Å²) in [6.07, 6.45) is 1.78. The lowest BCUT2D eigenvalue weighted by Crippen LogP contribution is -2.37. The fourth-order valence-corrected chi connectivity index (χ4v) is 4.37. The van der Waals surface area contributed by atoms with Crippen molar-refractivity contribution in [3.05, 3.63) is 60.3 Å². The number of fused-ring (bicyclic) bond motifs is 2. The van der Waals surface area contributed by atoms with E-state index in [0.717, 1.165) is 10.9 Å². The molecule has 2 N–H and O–H groups in total. The van der Waals surface area contributed by atoms with Gasteiger partial charge in [-0.3, -0.25) is 9.59 Å². The average molecular weight is 355 g/mol. The molecule has 0 radical (unpaired) electrons. The molecule has 2 heterocycles. The average Bonchev–Trinajstić information content (AvgIpc) is 3.12. The maximum absolute atomic E-state index is 12.4. The van der Waals surface area contributed by atoms with Crippen LogP contribution < -0.4 is 5.32 Å². The van der Waals surface area contributed by atoms with Crippen molar-refractivity contribution in [1.29, 1.82) is 0 Å². The number of nitrogens with zero attached hydrogens (tertiary/aromatic N) is 1. The topological polar surface area (TPSA) is 99.3 Å². The standard InChI is InChI=1S/C17H13N3O4S/c21-16(19-12-6-5-11-7-8-18-14(11)9-12)10-20-17(22)13-3-1-2-4-15(13)25(20,23)24/h1-9,18H,10H2,(H,19,21). The molecule has 0 aliphatic carbocycles.